The van der Waals surface area contributed by atoms with E-state index in [4.69, 9.17) is 15.2 Å². The highest BCUT2D eigenvalue weighted by atomic mass is 16.5. The molecular weight excluding hydrogens is 268 g/mol. The molecule has 2 aromatic rings. The number of amides is 1. The highest BCUT2D eigenvalue weighted by Crippen LogP contribution is 2.19. The van der Waals surface area contributed by atoms with Crippen LogP contribution in [0.25, 0.3) is 0 Å². The first-order valence-corrected chi connectivity index (χ1v) is 6.51. The quantitative estimate of drug-likeness (QED) is 0.829. The van der Waals surface area contributed by atoms with Crippen LogP contribution in [0.5, 0.6) is 11.5 Å². The second-order valence-electron chi connectivity index (χ2n) is 4.58. The van der Waals surface area contributed by atoms with Gasteiger partial charge >= 0.3 is 0 Å². The second-order valence-corrected chi connectivity index (χ2v) is 4.58. The maximum absolute atomic E-state index is 11.8. The lowest BCUT2D eigenvalue weighted by atomic mass is 10.2. The molecule has 0 aliphatic heterocycles. The average molecular weight is 286 g/mol. The Morgan fingerprint density at radius 2 is 1.81 bits per heavy atom. The number of carbonyl (C=O) groups excluding carboxylic acids is 1. The molecule has 0 heterocycles. The minimum Gasteiger partial charge on any atom is -0.497 e. The first-order valence-electron chi connectivity index (χ1n) is 6.51. The van der Waals surface area contributed by atoms with E-state index in [1.807, 2.05) is 13.0 Å². The zero-order chi connectivity index (χ0) is 15.2. The number of nitrogens with one attached hydrogen (secondary N) is 1. The van der Waals surface area contributed by atoms with Gasteiger partial charge in [0.15, 0.2) is 6.61 Å². The van der Waals surface area contributed by atoms with Crippen LogP contribution in [0.1, 0.15) is 5.56 Å². The van der Waals surface area contributed by atoms with Gasteiger partial charge in [0.25, 0.3) is 5.91 Å². The largest absolute Gasteiger partial charge is 0.497 e. The lowest BCUT2D eigenvalue weighted by Crippen LogP contribution is -2.20. The third-order valence-electron chi connectivity index (χ3n) is 2.99. The molecule has 0 aliphatic rings. The lowest BCUT2D eigenvalue weighted by Gasteiger charge is -2.09. The zero-order valence-electron chi connectivity index (χ0n) is 12.1. The predicted octanol–water partition coefficient (Wildman–Crippen LogP) is 2.60. The molecule has 0 aromatic heterocycles. The summed E-state index contributed by atoms with van der Waals surface area (Å²) in [4.78, 5) is 11.8. The van der Waals surface area contributed by atoms with Crippen LogP contribution < -0.4 is 20.5 Å². The fourth-order valence-electron chi connectivity index (χ4n) is 1.73. The number of ether oxygens (including phenoxy) is 2. The van der Waals surface area contributed by atoms with Gasteiger partial charge < -0.3 is 20.5 Å². The summed E-state index contributed by atoms with van der Waals surface area (Å²) in [6.45, 7) is 1.84. The van der Waals surface area contributed by atoms with Gasteiger partial charge in [0, 0.05) is 17.4 Å². The number of anilines is 2. The molecule has 0 saturated heterocycles. The number of rotatable bonds is 5. The number of benzene rings is 2. The standard InChI is InChI=1S/C16H18N2O3/c1-11-3-6-14(9-15(11)17)21-10-16(19)18-12-4-7-13(20-2)8-5-12/h3-9H,10,17H2,1-2H3,(H,18,19). The number of nitrogen functional groups attached to an aromatic ring is 1. The van der Waals surface area contributed by atoms with E-state index in [1.165, 1.54) is 0 Å². The summed E-state index contributed by atoms with van der Waals surface area (Å²) in [6.07, 6.45) is 0. The summed E-state index contributed by atoms with van der Waals surface area (Å²) < 4.78 is 10.5. The van der Waals surface area contributed by atoms with Crippen LogP contribution in [0.2, 0.25) is 0 Å². The van der Waals surface area contributed by atoms with E-state index in [-0.39, 0.29) is 12.5 Å². The molecule has 0 fully saturated rings. The molecule has 110 valence electrons. The summed E-state index contributed by atoms with van der Waals surface area (Å²) in [7, 11) is 1.59. The van der Waals surface area contributed by atoms with Crippen molar-refractivity contribution in [2.75, 3.05) is 24.8 Å². The van der Waals surface area contributed by atoms with E-state index in [9.17, 15) is 4.79 Å². The Labute approximate surface area is 123 Å². The number of methoxy groups -OCH3 is 1. The third-order valence-corrected chi connectivity index (χ3v) is 2.99. The third kappa shape index (κ3) is 4.14. The maximum Gasteiger partial charge on any atom is 0.262 e. The lowest BCUT2D eigenvalue weighted by molar-refractivity contribution is -0.118. The van der Waals surface area contributed by atoms with Crippen molar-refractivity contribution in [3.05, 3.63) is 48.0 Å². The molecule has 0 bridgehead atoms. The van der Waals surface area contributed by atoms with Crippen molar-refractivity contribution in [2.45, 2.75) is 6.92 Å². The van der Waals surface area contributed by atoms with Crippen molar-refractivity contribution in [1.29, 1.82) is 0 Å². The molecule has 0 saturated carbocycles. The molecule has 21 heavy (non-hydrogen) atoms. The fourth-order valence-corrected chi connectivity index (χ4v) is 1.73. The molecule has 0 spiro atoms. The van der Waals surface area contributed by atoms with Gasteiger partial charge in [-0.2, -0.15) is 0 Å². The van der Waals surface area contributed by atoms with Crippen LogP contribution in [0.15, 0.2) is 42.5 Å². The highest BCUT2D eigenvalue weighted by Gasteiger charge is 2.05. The zero-order valence-corrected chi connectivity index (χ0v) is 12.1. The van der Waals surface area contributed by atoms with E-state index in [0.717, 1.165) is 11.3 Å². The summed E-state index contributed by atoms with van der Waals surface area (Å²) >= 11 is 0. The topological polar surface area (TPSA) is 73.6 Å². The van der Waals surface area contributed by atoms with Crippen LogP contribution >= 0.6 is 0 Å². The van der Waals surface area contributed by atoms with Crippen LogP contribution in [0.4, 0.5) is 11.4 Å². The fraction of sp³-hybridized carbons (Fsp3) is 0.188. The maximum atomic E-state index is 11.8. The molecule has 0 unspecified atom stereocenters. The van der Waals surface area contributed by atoms with Crippen molar-refractivity contribution in [3.8, 4) is 11.5 Å². The van der Waals surface area contributed by atoms with Gasteiger partial charge in [-0.05, 0) is 42.8 Å². The molecule has 2 rings (SSSR count). The number of nitrogens with two attached hydrogens (primary N) is 1. The Bertz CT molecular complexity index is 624. The molecule has 2 aromatic carbocycles. The van der Waals surface area contributed by atoms with Gasteiger partial charge in [-0.15, -0.1) is 0 Å². The Hall–Kier alpha value is -2.69. The molecule has 5 heteroatoms. The van der Waals surface area contributed by atoms with E-state index in [0.29, 0.717) is 17.1 Å². The normalized spacial score (nSPS) is 10.0. The Kier molecular flexibility index (Phi) is 4.66. The van der Waals surface area contributed by atoms with Crippen molar-refractivity contribution in [3.63, 3.8) is 0 Å². The highest BCUT2D eigenvalue weighted by molar-refractivity contribution is 5.91. The first-order chi connectivity index (χ1) is 10.1. The minimum atomic E-state index is -0.237. The van der Waals surface area contributed by atoms with Crippen LogP contribution in [0.3, 0.4) is 0 Å². The number of hydrogen-bond acceptors (Lipinski definition) is 4. The molecule has 0 aliphatic carbocycles. The monoisotopic (exact) mass is 286 g/mol. The second kappa shape index (κ2) is 6.65. The van der Waals surface area contributed by atoms with E-state index < -0.39 is 0 Å². The number of aryl methyl sites for hydroxylation is 1. The summed E-state index contributed by atoms with van der Waals surface area (Å²) in [5.74, 6) is 1.07. The van der Waals surface area contributed by atoms with Crippen LogP contribution in [0, 0.1) is 6.92 Å². The number of hydrogen-bond donors (Lipinski definition) is 2. The van der Waals surface area contributed by atoms with Gasteiger partial charge in [-0.1, -0.05) is 6.07 Å². The Balaban J connectivity index is 1.87. The molecule has 5 nitrogen and oxygen atoms in total. The molecule has 0 radical (unpaired) electrons. The molecule has 3 N–H and O–H groups in total. The van der Waals surface area contributed by atoms with Crippen LogP contribution in [-0.4, -0.2) is 19.6 Å². The van der Waals surface area contributed by atoms with Crippen molar-refractivity contribution in [1.82, 2.24) is 0 Å². The van der Waals surface area contributed by atoms with E-state index in [2.05, 4.69) is 5.32 Å². The minimum absolute atomic E-state index is 0.0749. The summed E-state index contributed by atoms with van der Waals surface area (Å²) in [5, 5.41) is 2.74. The van der Waals surface area contributed by atoms with E-state index in [1.54, 1.807) is 43.5 Å². The van der Waals surface area contributed by atoms with Crippen molar-refractivity contribution >= 4 is 17.3 Å². The Morgan fingerprint density at radius 3 is 2.43 bits per heavy atom. The van der Waals surface area contributed by atoms with Gasteiger partial charge in [0.05, 0.1) is 7.11 Å². The average Bonchev–Trinajstić information content (AvgIpc) is 2.49. The van der Waals surface area contributed by atoms with Crippen molar-refractivity contribution in [2.24, 2.45) is 0 Å². The van der Waals surface area contributed by atoms with Crippen molar-refractivity contribution < 1.29 is 14.3 Å². The van der Waals surface area contributed by atoms with Crippen LogP contribution in [-0.2, 0) is 4.79 Å². The molecular formula is C16H18N2O3. The SMILES string of the molecule is COc1ccc(NC(=O)COc2ccc(C)c(N)c2)cc1. The smallest absolute Gasteiger partial charge is 0.262 e. The Morgan fingerprint density at radius 1 is 1.14 bits per heavy atom. The summed E-state index contributed by atoms with van der Waals surface area (Å²) in [5.41, 5.74) is 8.09. The predicted molar refractivity (Wildman–Crippen MR) is 82.7 cm³/mol. The van der Waals surface area contributed by atoms with Gasteiger partial charge in [0.2, 0.25) is 0 Å². The first kappa shape index (κ1) is 14.7. The van der Waals surface area contributed by atoms with Gasteiger partial charge in [-0.25, -0.2) is 0 Å². The molecule has 0 atom stereocenters. The summed E-state index contributed by atoms with van der Waals surface area (Å²) in [6, 6.07) is 12.4. The number of carbonyl (C=O) groups is 1. The van der Waals surface area contributed by atoms with Gasteiger partial charge in [-0.3, -0.25) is 4.79 Å². The molecule has 1 amide bonds. The van der Waals surface area contributed by atoms with E-state index >= 15 is 0 Å². The van der Waals surface area contributed by atoms with Gasteiger partial charge in [0.1, 0.15) is 11.5 Å².